The van der Waals surface area contributed by atoms with Crippen molar-refractivity contribution in [2.45, 2.75) is 57.8 Å². The number of amides is 1. The van der Waals surface area contributed by atoms with Crippen LogP contribution in [0.3, 0.4) is 0 Å². The van der Waals surface area contributed by atoms with Gasteiger partial charge in [0.2, 0.25) is 0 Å². The maximum Gasteiger partial charge on any atom is 0.254 e. The molecule has 0 spiro atoms. The van der Waals surface area contributed by atoms with Gasteiger partial charge in [0.05, 0.1) is 23.9 Å². The first-order valence-electron chi connectivity index (χ1n) is 9.99. The standard InChI is InChI=1S/C21H33NO5S/c1-6-7-12-28(25,26)18-14-16(23)13-17(19(18)21(4,5)15(2)3)20(24)22-8-10-27-11-9-22/h13-15,23H,6-12H2,1-5H3. The van der Waals surface area contributed by atoms with Crippen LogP contribution in [0, 0.1) is 5.92 Å². The summed E-state index contributed by atoms with van der Waals surface area (Å²) in [5, 5.41) is 10.3. The van der Waals surface area contributed by atoms with Gasteiger partial charge in [0.25, 0.3) is 5.91 Å². The SMILES string of the molecule is CCCCS(=O)(=O)c1cc(O)cc(C(=O)N2CCOCC2)c1C(C)(C)C(C)C. The number of hydrogen-bond acceptors (Lipinski definition) is 5. The zero-order valence-electron chi connectivity index (χ0n) is 17.6. The van der Waals surface area contributed by atoms with Gasteiger partial charge in [0.1, 0.15) is 5.75 Å². The summed E-state index contributed by atoms with van der Waals surface area (Å²) in [5.41, 5.74) is 0.211. The molecular weight excluding hydrogens is 378 g/mol. The average molecular weight is 412 g/mol. The molecule has 1 saturated heterocycles. The van der Waals surface area contributed by atoms with E-state index in [2.05, 4.69) is 0 Å². The summed E-state index contributed by atoms with van der Waals surface area (Å²) in [6.07, 6.45) is 1.28. The molecule has 0 atom stereocenters. The summed E-state index contributed by atoms with van der Waals surface area (Å²) in [6, 6.07) is 2.72. The molecule has 1 fully saturated rings. The summed E-state index contributed by atoms with van der Waals surface area (Å²) < 4.78 is 31.6. The number of phenolic OH excluding ortho intramolecular Hbond substituents is 1. The molecule has 0 saturated carbocycles. The largest absolute Gasteiger partial charge is 0.508 e. The van der Waals surface area contributed by atoms with Crippen molar-refractivity contribution in [2.24, 2.45) is 5.92 Å². The third-order valence-corrected chi connectivity index (χ3v) is 7.62. The monoisotopic (exact) mass is 411 g/mol. The first-order chi connectivity index (χ1) is 13.0. The smallest absolute Gasteiger partial charge is 0.254 e. The fourth-order valence-corrected chi connectivity index (χ4v) is 5.22. The van der Waals surface area contributed by atoms with Crippen molar-refractivity contribution in [1.29, 1.82) is 0 Å². The highest BCUT2D eigenvalue weighted by molar-refractivity contribution is 7.91. The van der Waals surface area contributed by atoms with Gasteiger partial charge in [-0.05, 0) is 35.4 Å². The van der Waals surface area contributed by atoms with Crippen molar-refractivity contribution >= 4 is 15.7 Å². The van der Waals surface area contributed by atoms with Gasteiger partial charge in [-0.15, -0.1) is 0 Å². The highest BCUT2D eigenvalue weighted by Gasteiger charge is 2.37. The number of phenols is 1. The van der Waals surface area contributed by atoms with Gasteiger partial charge in [-0.1, -0.05) is 41.0 Å². The van der Waals surface area contributed by atoms with Crippen LogP contribution in [0.4, 0.5) is 0 Å². The Labute approximate surface area is 168 Å². The Balaban J connectivity index is 2.72. The van der Waals surface area contributed by atoms with E-state index in [4.69, 9.17) is 4.74 Å². The number of aromatic hydroxyl groups is 1. The molecule has 6 nitrogen and oxygen atoms in total. The van der Waals surface area contributed by atoms with Crippen LogP contribution in [0.1, 0.15) is 63.4 Å². The van der Waals surface area contributed by atoms with Crippen LogP contribution in [0.2, 0.25) is 0 Å². The highest BCUT2D eigenvalue weighted by Crippen LogP contribution is 2.41. The van der Waals surface area contributed by atoms with E-state index in [0.717, 1.165) is 6.42 Å². The van der Waals surface area contributed by atoms with Gasteiger partial charge in [-0.2, -0.15) is 0 Å². The van der Waals surface area contributed by atoms with Crippen LogP contribution < -0.4 is 0 Å². The molecule has 1 aliphatic heterocycles. The minimum Gasteiger partial charge on any atom is -0.508 e. The predicted molar refractivity (Wildman–Crippen MR) is 110 cm³/mol. The van der Waals surface area contributed by atoms with Crippen LogP contribution >= 0.6 is 0 Å². The Morgan fingerprint density at radius 1 is 1.25 bits per heavy atom. The number of rotatable bonds is 7. The van der Waals surface area contributed by atoms with Crippen molar-refractivity contribution < 1.29 is 23.1 Å². The van der Waals surface area contributed by atoms with Crippen molar-refractivity contribution in [1.82, 2.24) is 4.90 Å². The Morgan fingerprint density at radius 3 is 2.39 bits per heavy atom. The first kappa shape index (κ1) is 22.7. The molecular formula is C21H33NO5S. The average Bonchev–Trinajstić information content (AvgIpc) is 2.65. The summed E-state index contributed by atoms with van der Waals surface area (Å²) in [7, 11) is -3.63. The Bertz CT molecular complexity index is 808. The summed E-state index contributed by atoms with van der Waals surface area (Å²) in [6.45, 7) is 11.7. The van der Waals surface area contributed by atoms with E-state index in [9.17, 15) is 18.3 Å². The number of unbranched alkanes of at least 4 members (excludes halogenated alkanes) is 1. The second-order valence-corrected chi connectivity index (χ2v) is 10.4. The number of morpholine rings is 1. The fourth-order valence-electron chi connectivity index (χ4n) is 3.35. The lowest BCUT2D eigenvalue weighted by atomic mass is 9.73. The Hall–Kier alpha value is -1.60. The second-order valence-electron chi connectivity index (χ2n) is 8.32. The summed E-state index contributed by atoms with van der Waals surface area (Å²) >= 11 is 0. The Morgan fingerprint density at radius 2 is 1.86 bits per heavy atom. The van der Waals surface area contributed by atoms with Gasteiger partial charge in [-0.3, -0.25) is 4.79 Å². The van der Waals surface area contributed by atoms with Crippen LogP contribution in [-0.4, -0.2) is 56.4 Å². The number of nitrogens with zero attached hydrogens (tertiary/aromatic N) is 1. The molecule has 28 heavy (non-hydrogen) atoms. The van der Waals surface area contributed by atoms with E-state index < -0.39 is 15.3 Å². The van der Waals surface area contributed by atoms with Crippen LogP contribution in [0.25, 0.3) is 0 Å². The molecule has 7 heteroatoms. The maximum atomic E-state index is 13.3. The van der Waals surface area contributed by atoms with E-state index in [-0.39, 0.29) is 33.8 Å². The quantitative estimate of drug-likeness (QED) is 0.744. The molecule has 1 N–H and O–H groups in total. The van der Waals surface area contributed by atoms with Crippen LogP contribution in [0.5, 0.6) is 5.75 Å². The molecule has 1 heterocycles. The molecule has 0 aromatic heterocycles. The zero-order chi connectivity index (χ0) is 21.1. The lowest BCUT2D eigenvalue weighted by molar-refractivity contribution is 0.0300. The summed E-state index contributed by atoms with van der Waals surface area (Å²) in [5.74, 6) is -0.363. The van der Waals surface area contributed by atoms with E-state index in [1.807, 2.05) is 34.6 Å². The van der Waals surface area contributed by atoms with Gasteiger partial charge < -0.3 is 14.7 Å². The van der Waals surface area contributed by atoms with Crippen LogP contribution in [0.15, 0.2) is 17.0 Å². The molecule has 1 aromatic rings. The van der Waals surface area contributed by atoms with Gasteiger partial charge >= 0.3 is 0 Å². The molecule has 1 aliphatic rings. The van der Waals surface area contributed by atoms with E-state index >= 15 is 0 Å². The van der Waals surface area contributed by atoms with Crippen LogP contribution in [-0.2, 0) is 20.0 Å². The number of benzene rings is 1. The van der Waals surface area contributed by atoms with Crippen molar-refractivity contribution in [3.63, 3.8) is 0 Å². The molecule has 1 amide bonds. The topological polar surface area (TPSA) is 83.9 Å². The van der Waals surface area contributed by atoms with E-state index in [1.165, 1.54) is 12.1 Å². The number of carbonyl (C=O) groups is 1. The molecule has 0 bridgehead atoms. The second kappa shape index (κ2) is 8.82. The highest BCUT2D eigenvalue weighted by atomic mass is 32.2. The molecule has 2 rings (SSSR count). The van der Waals surface area contributed by atoms with Gasteiger partial charge in [0.15, 0.2) is 9.84 Å². The van der Waals surface area contributed by atoms with E-state index in [0.29, 0.717) is 38.3 Å². The number of ether oxygens (including phenoxy) is 1. The molecule has 0 unspecified atom stereocenters. The molecule has 0 aliphatic carbocycles. The zero-order valence-corrected chi connectivity index (χ0v) is 18.4. The third kappa shape index (κ3) is 4.69. The maximum absolute atomic E-state index is 13.3. The number of carbonyl (C=O) groups excluding carboxylic acids is 1. The van der Waals surface area contributed by atoms with Crippen molar-refractivity contribution in [3.8, 4) is 5.75 Å². The fraction of sp³-hybridized carbons (Fsp3) is 0.667. The van der Waals surface area contributed by atoms with Crippen molar-refractivity contribution in [2.75, 3.05) is 32.1 Å². The minimum absolute atomic E-state index is 0.000681. The lowest BCUT2D eigenvalue weighted by Gasteiger charge is -2.35. The lowest BCUT2D eigenvalue weighted by Crippen LogP contribution is -2.42. The summed E-state index contributed by atoms with van der Waals surface area (Å²) in [4.78, 5) is 15.0. The van der Waals surface area contributed by atoms with Crippen molar-refractivity contribution in [3.05, 3.63) is 23.3 Å². The van der Waals surface area contributed by atoms with Gasteiger partial charge in [-0.25, -0.2) is 8.42 Å². The van der Waals surface area contributed by atoms with E-state index in [1.54, 1.807) is 4.90 Å². The minimum atomic E-state index is -3.63. The number of sulfone groups is 1. The third-order valence-electron chi connectivity index (χ3n) is 5.81. The molecule has 1 aromatic carbocycles. The Kier molecular flexibility index (Phi) is 7.15. The predicted octanol–water partition coefficient (Wildman–Crippen LogP) is 3.37. The molecule has 0 radical (unpaired) electrons. The normalized spacial score (nSPS) is 15.9. The number of hydrogen-bond donors (Lipinski definition) is 1. The van der Waals surface area contributed by atoms with Gasteiger partial charge in [0, 0.05) is 18.7 Å². The molecule has 158 valence electrons. The first-order valence-corrected chi connectivity index (χ1v) is 11.6.